The lowest BCUT2D eigenvalue weighted by Gasteiger charge is -2.08. The van der Waals surface area contributed by atoms with Gasteiger partial charge in [-0.05, 0) is 19.1 Å². The Hall–Kier alpha value is -1.94. The number of nitrogens with zero attached hydrogens (tertiary/aromatic N) is 2. The van der Waals surface area contributed by atoms with Crippen LogP contribution in [0.1, 0.15) is 12.5 Å². The van der Waals surface area contributed by atoms with E-state index in [1.807, 2.05) is 37.3 Å². The minimum absolute atomic E-state index is 0.691. The van der Waals surface area contributed by atoms with Gasteiger partial charge in [0.15, 0.2) is 0 Å². The van der Waals surface area contributed by atoms with E-state index in [1.165, 1.54) is 0 Å². The lowest BCUT2D eigenvalue weighted by atomic mass is 10.1. The first kappa shape index (κ1) is 10.6. The van der Waals surface area contributed by atoms with Crippen molar-refractivity contribution in [3.63, 3.8) is 0 Å². The lowest BCUT2D eigenvalue weighted by Crippen LogP contribution is -2.31. The highest BCUT2D eigenvalue weighted by atomic mass is 15.2. The zero-order valence-electron chi connectivity index (χ0n) is 9.14. The maximum absolute atomic E-state index is 5.48. The molecule has 4 nitrogen and oxygen atoms in total. The van der Waals surface area contributed by atoms with E-state index in [2.05, 4.69) is 15.4 Å². The minimum Gasteiger partial charge on any atom is -0.308 e. The van der Waals surface area contributed by atoms with E-state index in [9.17, 15) is 0 Å². The number of benzene rings is 1. The predicted molar refractivity (Wildman–Crippen MR) is 66.1 cm³/mol. The standard InChI is InChI=1S/C12H14N4/c1-2-14-12(16-13)10-5-3-7-11-9(10)6-4-8-15-11/h3-8H,2,13H2,1H3,(H,14,16). The van der Waals surface area contributed by atoms with Crippen LogP contribution in [0, 0.1) is 0 Å². The Morgan fingerprint density at radius 1 is 1.38 bits per heavy atom. The Bertz CT molecular complexity index is 514. The molecule has 0 saturated carbocycles. The Labute approximate surface area is 94.2 Å². The van der Waals surface area contributed by atoms with E-state index < -0.39 is 0 Å². The lowest BCUT2D eigenvalue weighted by molar-refractivity contribution is 0.993. The maximum Gasteiger partial charge on any atom is 0.143 e. The van der Waals surface area contributed by atoms with Gasteiger partial charge in [0.2, 0.25) is 0 Å². The van der Waals surface area contributed by atoms with Crippen molar-refractivity contribution in [1.29, 1.82) is 0 Å². The van der Waals surface area contributed by atoms with Crippen LogP contribution in [0.25, 0.3) is 10.9 Å². The molecular formula is C12H14N4. The van der Waals surface area contributed by atoms with Gasteiger partial charge in [0.25, 0.3) is 0 Å². The molecule has 82 valence electrons. The van der Waals surface area contributed by atoms with Crippen LogP contribution in [-0.2, 0) is 0 Å². The van der Waals surface area contributed by atoms with Crippen LogP contribution in [-0.4, -0.2) is 17.4 Å². The maximum atomic E-state index is 5.48. The summed E-state index contributed by atoms with van der Waals surface area (Å²) in [6, 6.07) is 9.83. The Morgan fingerprint density at radius 3 is 3.00 bits per heavy atom. The van der Waals surface area contributed by atoms with Gasteiger partial charge in [-0.1, -0.05) is 18.2 Å². The first-order valence-electron chi connectivity index (χ1n) is 5.22. The molecule has 0 fully saturated rings. The topological polar surface area (TPSA) is 63.3 Å². The molecular weight excluding hydrogens is 200 g/mol. The number of hydrogen-bond acceptors (Lipinski definition) is 3. The molecule has 0 radical (unpaired) electrons. The van der Waals surface area contributed by atoms with E-state index in [4.69, 9.17) is 5.84 Å². The van der Waals surface area contributed by atoms with E-state index >= 15 is 0 Å². The number of nitrogens with one attached hydrogen (secondary N) is 1. The molecule has 1 aromatic heterocycles. The summed E-state index contributed by atoms with van der Waals surface area (Å²) in [5.41, 5.74) is 4.56. The van der Waals surface area contributed by atoms with Gasteiger partial charge >= 0.3 is 0 Å². The Balaban J connectivity index is 2.64. The average Bonchev–Trinajstić information content (AvgIpc) is 2.35. The fourth-order valence-electron chi connectivity index (χ4n) is 1.68. The number of fused-ring (bicyclic) bond motifs is 1. The summed E-state index contributed by atoms with van der Waals surface area (Å²) in [6.07, 6.45) is 1.78. The number of pyridine rings is 1. The van der Waals surface area contributed by atoms with E-state index in [0.29, 0.717) is 12.4 Å². The number of hydrazine groups is 1. The van der Waals surface area contributed by atoms with Crippen LogP contribution in [0.15, 0.2) is 41.5 Å². The zero-order valence-corrected chi connectivity index (χ0v) is 9.14. The second kappa shape index (κ2) is 4.72. The first-order valence-corrected chi connectivity index (χ1v) is 5.22. The second-order valence-electron chi connectivity index (χ2n) is 3.34. The van der Waals surface area contributed by atoms with Crippen molar-refractivity contribution >= 4 is 16.7 Å². The normalized spacial score (nSPS) is 11.8. The molecule has 0 amide bonds. The highest BCUT2D eigenvalue weighted by Crippen LogP contribution is 2.16. The number of rotatable bonds is 2. The van der Waals surface area contributed by atoms with Crippen molar-refractivity contribution < 1.29 is 0 Å². The monoisotopic (exact) mass is 214 g/mol. The predicted octanol–water partition coefficient (Wildman–Crippen LogP) is 1.46. The summed E-state index contributed by atoms with van der Waals surface area (Å²) in [4.78, 5) is 8.61. The Morgan fingerprint density at radius 2 is 2.25 bits per heavy atom. The molecule has 0 aliphatic carbocycles. The fraction of sp³-hybridized carbons (Fsp3) is 0.167. The fourth-order valence-corrected chi connectivity index (χ4v) is 1.68. The first-order chi connectivity index (χ1) is 7.86. The van der Waals surface area contributed by atoms with Gasteiger partial charge in [0.1, 0.15) is 5.84 Å². The van der Waals surface area contributed by atoms with Gasteiger partial charge in [0.05, 0.1) is 5.52 Å². The third kappa shape index (κ3) is 1.87. The van der Waals surface area contributed by atoms with Crippen LogP contribution in [0.5, 0.6) is 0 Å². The molecule has 2 aromatic rings. The van der Waals surface area contributed by atoms with Gasteiger partial charge in [-0.15, -0.1) is 0 Å². The number of hydrogen-bond donors (Lipinski definition) is 2. The zero-order chi connectivity index (χ0) is 11.4. The van der Waals surface area contributed by atoms with Crippen LogP contribution < -0.4 is 11.3 Å². The number of aliphatic imine (C=N–C) groups is 1. The summed E-state index contributed by atoms with van der Waals surface area (Å²) in [6.45, 7) is 2.66. The Kier molecular flexibility index (Phi) is 3.12. The van der Waals surface area contributed by atoms with Crippen LogP contribution in [0.3, 0.4) is 0 Å². The van der Waals surface area contributed by atoms with Gasteiger partial charge in [-0.25, -0.2) is 5.84 Å². The quantitative estimate of drug-likeness (QED) is 0.344. The summed E-state index contributed by atoms with van der Waals surface area (Å²) in [7, 11) is 0. The summed E-state index contributed by atoms with van der Waals surface area (Å²) in [5, 5.41) is 1.05. The van der Waals surface area contributed by atoms with E-state index in [1.54, 1.807) is 6.20 Å². The van der Waals surface area contributed by atoms with Gasteiger partial charge < -0.3 is 5.43 Å². The van der Waals surface area contributed by atoms with Gasteiger partial charge in [-0.3, -0.25) is 9.98 Å². The van der Waals surface area contributed by atoms with Gasteiger partial charge in [0, 0.05) is 23.7 Å². The molecule has 0 spiro atoms. The van der Waals surface area contributed by atoms with Crippen molar-refractivity contribution in [1.82, 2.24) is 10.4 Å². The molecule has 0 atom stereocenters. The highest BCUT2D eigenvalue weighted by molar-refractivity contribution is 6.08. The van der Waals surface area contributed by atoms with E-state index in [-0.39, 0.29) is 0 Å². The molecule has 0 bridgehead atoms. The van der Waals surface area contributed by atoms with Crippen LogP contribution in [0.4, 0.5) is 0 Å². The van der Waals surface area contributed by atoms with Crippen molar-refractivity contribution in [3.8, 4) is 0 Å². The molecule has 16 heavy (non-hydrogen) atoms. The van der Waals surface area contributed by atoms with Crippen LogP contribution in [0.2, 0.25) is 0 Å². The summed E-state index contributed by atoms with van der Waals surface area (Å²) in [5.74, 6) is 6.18. The third-order valence-electron chi connectivity index (χ3n) is 2.35. The second-order valence-corrected chi connectivity index (χ2v) is 3.34. The van der Waals surface area contributed by atoms with Crippen LogP contribution >= 0.6 is 0 Å². The molecule has 0 saturated heterocycles. The summed E-state index contributed by atoms with van der Waals surface area (Å²) < 4.78 is 0. The largest absolute Gasteiger partial charge is 0.308 e. The molecule has 2 rings (SSSR count). The average molecular weight is 214 g/mol. The molecule has 0 aliphatic rings. The molecule has 3 N–H and O–H groups in total. The van der Waals surface area contributed by atoms with E-state index in [0.717, 1.165) is 16.5 Å². The number of aromatic nitrogens is 1. The molecule has 1 heterocycles. The van der Waals surface area contributed by atoms with Crippen molar-refractivity contribution in [3.05, 3.63) is 42.1 Å². The molecule has 4 heteroatoms. The van der Waals surface area contributed by atoms with Crippen molar-refractivity contribution in [2.24, 2.45) is 10.8 Å². The van der Waals surface area contributed by atoms with Gasteiger partial charge in [-0.2, -0.15) is 0 Å². The highest BCUT2D eigenvalue weighted by Gasteiger charge is 2.06. The molecule has 0 unspecified atom stereocenters. The summed E-state index contributed by atoms with van der Waals surface area (Å²) >= 11 is 0. The smallest absolute Gasteiger partial charge is 0.143 e. The third-order valence-corrected chi connectivity index (χ3v) is 2.35. The number of nitrogens with two attached hydrogens (primary N) is 1. The molecule has 1 aromatic carbocycles. The molecule has 0 aliphatic heterocycles. The SMILES string of the molecule is CCN=C(NN)c1cccc2ncccc12. The van der Waals surface area contributed by atoms with Crippen molar-refractivity contribution in [2.45, 2.75) is 6.92 Å². The number of amidine groups is 1. The minimum atomic E-state index is 0.691. The van der Waals surface area contributed by atoms with Crippen molar-refractivity contribution in [2.75, 3.05) is 6.54 Å².